The molecule has 8 rings (SSSR count). The van der Waals surface area contributed by atoms with Gasteiger partial charge in [-0.15, -0.1) is 0 Å². The van der Waals surface area contributed by atoms with E-state index in [0.29, 0.717) is 32.9 Å². The summed E-state index contributed by atoms with van der Waals surface area (Å²) in [5.74, 6) is 0.431. The van der Waals surface area contributed by atoms with Crippen LogP contribution >= 0.6 is 11.6 Å². The standard InChI is InChI=1S/C33H18ClN3O2/c34-22-12-15-26-25-14-11-21(17-29(25)39-30(26)18-22)33-36-31(19-6-2-1-3-7-19)35-32(37-33)20-10-13-24-23-8-4-5-9-27(23)38-28(24)16-20/h1-18H/i1D,2D,3D,6D,7D. The number of halogens is 1. The van der Waals surface area contributed by atoms with Gasteiger partial charge in [-0.3, -0.25) is 0 Å². The third-order valence-electron chi connectivity index (χ3n) is 6.69. The molecule has 0 N–H and O–H groups in total. The van der Waals surface area contributed by atoms with Gasteiger partial charge < -0.3 is 8.83 Å². The van der Waals surface area contributed by atoms with E-state index in [4.69, 9.17) is 32.3 Å². The van der Waals surface area contributed by atoms with E-state index >= 15 is 0 Å². The van der Waals surface area contributed by atoms with E-state index in [9.17, 15) is 0 Å². The Balaban J connectivity index is 1.37. The molecule has 184 valence electrons. The molecule has 6 heteroatoms. The average Bonchev–Trinajstić information content (AvgIpc) is 3.59. The van der Waals surface area contributed by atoms with E-state index < -0.39 is 30.2 Å². The lowest BCUT2D eigenvalue weighted by atomic mass is 10.1. The highest BCUT2D eigenvalue weighted by molar-refractivity contribution is 6.31. The lowest BCUT2D eigenvalue weighted by Gasteiger charge is -2.08. The van der Waals surface area contributed by atoms with Crippen molar-refractivity contribution < 1.29 is 15.7 Å². The molecular formula is C33H18ClN3O2. The maximum Gasteiger partial charge on any atom is 0.164 e. The van der Waals surface area contributed by atoms with Crippen molar-refractivity contribution in [3.63, 3.8) is 0 Å². The number of rotatable bonds is 3. The summed E-state index contributed by atoms with van der Waals surface area (Å²) >= 11 is 6.18. The van der Waals surface area contributed by atoms with Crippen molar-refractivity contribution in [1.82, 2.24) is 15.0 Å². The van der Waals surface area contributed by atoms with Gasteiger partial charge in [-0.1, -0.05) is 72.1 Å². The van der Waals surface area contributed by atoms with Gasteiger partial charge in [0.15, 0.2) is 17.5 Å². The molecule has 5 aromatic carbocycles. The summed E-state index contributed by atoms with van der Waals surface area (Å²) in [4.78, 5) is 14.0. The molecule has 0 aliphatic heterocycles. The van der Waals surface area contributed by atoms with Crippen LogP contribution in [0.15, 0.2) is 118 Å². The number of nitrogens with zero attached hydrogens (tertiary/aromatic N) is 3. The largest absolute Gasteiger partial charge is 0.456 e. The van der Waals surface area contributed by atoms with Crippen LogP contribution in [0.4, 0.5) is 0 Å². The maximum absolute atomic E-state index is 8.57. The van der Waals surface area contributed by atoms with Crippen LogP contribution in [0, 0.1) is 0 Å². The molecule has 0 radical (unpaired) electrons. The summed E-state index contributed by atoms with van der Waals surface area (Å²) in [6.45, 7) is 0. The SMILES string of the molecule is [2H]c1c([2H])c([2H])c(-c2nc(-c3ccc4c(c3)oc3ccccc34)nc(-c3ccc4c(c3)oc3cc(Cl)ccc34)n2)c([2H])c1[2H]. The van der Waals surface area contributed by atoms with Crippen LogP contribution in [-0.2, 0) is 0 Å². The Morgan fingerprint density at radius 3 is 1.69 bits per heavy atom. The van der Waals surface area contributed by atoms with E-state index in [0.717, 1.165) is 27.1 Å². The molecule has 0 fully saturated rings. The lowest BCUT2D eigenvalue weighted by Crippen LogP contribution is -2.00. The zero-order valence-electron chi connectivity index (χ0n) is 25.0. The molecular weight excluding hydrogens is 506 g/mol. The number of fused-ring (bicyclic) bond motifs is 6. The zero-order valence-corrected chi connectivity index (χ0v) is 20.8. The number of para-hydroxylation sites is 1. The lowest BCUT2D eigenvalue weighted by molar-refractivity contribution is 0.668. The predicted octanol–water partition coefficient (Wildman–Crippen LogP) is 9.32. The Morgan fingerprint density at radius 1 is 0.513 bits per heavy atom. The molecule has 3 heterocycles. The van der Waals surface area contributed by atoms with Gasteiger partial charge in [-0.25, -0.2) is 15.0 Å². The molecule has 0 saturated carbocycles. The van der Waals surface area contributed by atoms with Gasteiger partial charge >= 0.3 is 0 Å². The second kappa shape index (κ2) is 8.51. The highest BCUT2D eigenvalue weighted by Gasteiger charge is 2.16. The summed E-state index contributed by atoms with van der Waals surface area (Å²) in [6.07, 6.45) is 0. The van der Waals surface area contributed by atoms with Gasteiger partial charge in [0.1, 0.15) is 22.3 Å². The Morgan fingerprint density at radius 2 is 1.03 bits per heavy atom. The first-order chi connectivity index (χ1) is 21.3. The van der Waals surface area contributed by atoms with Crippen LogP contribution in [0.2, 0.25) is 5.02 Å². The van der Waals surface area contributed by atoms with Crippen LogP contribution in [-0.4, -0.2) is 15.0 Å². The summed E-state index contributed by atoms with van der Waals surface area (Å²) in [5.41, 5.74) is 3.69. The van der Waals surface area contributed by atoms with Gasteiger partial charge in [0.05, 0.1) is 6.85 Å². The quantitative estimate of drug-likeness (QED) is 0.228. The van der Waals surface area contributed by atoms with Crippen LogP contribution in [0.5, 0.6) is 0 Å². The molecule has 39 heavy (non-hydrogen) atoms. The molecule has 0 spiro atoms. The fourth-order valence-corrected chi connectivity index (χ4v) is 5.02. The van der Waals surface area contributed by atoms with Crippen molar-refractivity contribution in [2.24, 2.45) is 0 Å². The molecule has 5 nitrogen and oxygen atoms in total. The van der Waals surface area contributed by atoms with Gasteiger partial charge in [0.25, 0.3) is 0 Å². The average molecular weight is 529 g/mol. The zero-order chi connectivity index (χ0) is 30.3. The normalized spacial score (nSPS) is 13.5. The fraction of sp³-hybridized carbons (Fsp3) is 0. The number of aromatic nitrogens is 3. The molecule has 8 aromatic rings. The highest BCUT2D eigenvalue weighted by Crippen LogP contribution is 2.35. The summed E-state index contributed by atoms with van der Waals surface area (Å²) < 4.78 is 53.8. The predicted molar refractivity (Wildman–Crippen MR) is 156 cm³/mol. The topological polar surface area (TPSA) is 65.0 Å². The number of benzene rings is 5. The van der Waals surface area contributed by atoms with Crippen molar-refractivity contribution >= 4 is 55.5 Å². The number of furan rings is 2. The van der Waals surface area contributed by atoms with Crippen molar-refractivity contribution in [1.29, 1.82) is 0 Å². The highest BCUT2D eigenvalue weighted by atomic mass is 35.5. The van der Waals surface area contributed by atoms with Crippen molar-refractivity contribution in [3.05, 3.63) is 114 Å². The third kappa shape index (κ3) is 3.67. The van der Waals surface area contributed by atoms with E-state index in [1.165, 1.54) is 0 Å². The molecule has 0 unspecified atom stereocenters. The number of hydrogen-bond donors (Lipinski definition) is 0. The smallest absolute Gasteiger partial charge is 0.164 e. The Kier molecular flexibility index (Phi) is 3.82. The Labute approximate surface area is 234 Å². The van der Waals surface area contributed by atoms with Crippen LogP contribution < -0.4 is 0 Å². The Bertz CT molecular complexity index is 2460. The van der Waals surface area contributed by atoms with Crippen molar-refractivity contribution in [2.45, 2.75) is 0 Å². The monoisotopic (exact) mass is 528 g/mol. The van der Waals surface area contributed by atoms with E-state index in [1.807, 2.05) is 60.7 Å². The second-order valence-electron chi connectivity index (χ2n) is 9.07. The molecule has 0 aliphatic rings. The number of hydrogen-bond acceptors (Lipinski definition) is 5. The minimum atomic E-state index is -0.496. The fourth-order valence-electron chi connectivity index (χ4n) is 4.86. The van der Waals surface area contributed by atoms with Gasteiger partial charge in [-0.2, -0.15) is 0 Å². The molecule has 0 aliphatic carbocycles. The van der Waals surface area contributed by atoms with Crippen LogP contribution in [0.25, 0.3) is 78.0 Å². The maximum atomic E-state index is 8.57. The Hall–Kier alpha value is -5.00. The van der Waals surface area contributed by atoms with Crippen LogP contribution in [0.1, 0.15) is 6.85 Å². The van der Waals surface area contributed by atoms with Gasteiger partial charge in [0, 0.05) is 49.3 Å². The first-order valence-electron chi connectivity index (χ1n) is 14.6. The minimum Gasteiger partial charge on any atom is -0.456 e. The third-order valence-corrected chi connectivity index (χ3v) is 6.92. The second-order valence-corrected chi connectivity index (χ2v) is 9.51. The van der Waals surface area contributed by atoms with E-state index in [1.54, 1.807) is 18.2 Å². The van der Waals surface area contributed by atoms with Crippen molar-refractivity contribution in [3.8, 4) is 34.2 Å². The summed E-state index contributed by atoms with van der Waals surface area (Å²) in [6, 6.07) is 22.1. The molecule has 0 atom stereocenters. The van der Waals surface area contributed by atoms with E-state index in [-0.39, 0.29) is 23.0 Å². The summed E-state index contributed by atoms with van der Waals surface area (Å²) in [5, 5.41) is 4.26. The first-order valence-corrected chi connectivity index (χ1v) is 12.5. The summed E-state index contributed by atoms with van der Waals surface area (Å²) in [7, 11) is 0. The molecule has 0 amide bonds. The van der Waals surface area contributed by atoms with Gasteiger partial charge in [-0.05, 0) is 42.5 Å². The van der Waals surface area contributed by atoms with Crippen molar-refractivity contribution in [2.75, 3.05) is 0 Å². The molecule has 3 aromatic heterocycles. The van der Waals surface area contributed by atoms with E-state index in [2.05, 4.69) is 9.97 Å². The minimum absolute atomic E-state index is 0.0526. The van der Waals surface area contributed by atoms with Crippen LogP contribution in [0.3, 0.4) is 0 Å². The molecule has 0 saturated heterocycles. The molecule has 0 bridgehead atoms. The first kappa shape index (κ1) is 17.5. The van der Waals surface area contributed by atoms with Gasteiger partial charge in [0.2, 0.25) is 0 Å².